The van der Waals surface area contributed by atoms with Crippen LogP contribution in [0, 0.1) is 0 Å². The molecule has 0 saturated carbocycles. The fourth-order valence-corrected chi connectivity index (χ4v) is 1.09. The molecule has 0 fully saturated rings. The smallest absolute Gasteiger partial charge is 0.223 e. The van der Waals surface area contributed by atoms with Crippen LogP contribution in [0.25, 0.3) is 11.2 Å². The second-order valence-corrected chi connectivity index (χ2v) is 2.49. The van der Waals surface area contributed by atoms with Crippen molar-refractivity contribution in [1.82, 2.24) is 19.7 Å². The van der Waals surface area contributed by atoms with Crippen molar-refractivity contribution in [3.8, 4) is 0 Å². The molecule has 0 aliphatic carbocycles. The van der Waals surface area contributed by atoms with E-state index < -0.39 is 0 Å². The van der Waals surface area contributed by atoms with Crippen LogP contribution in [0.2, 0.25) is 5.15 Å². The lowest BCUT2D eigenvalue weighted by molar-refractivity contribution is 0.196. The molecule has 62 valence electrons. The zero-order valence-electron chi connectivity index (χ0n) is 5.77. The normalized spacial score (nSPS) is 10.8. The van der Waals surface area contributed by atoms with Gasteiger partial charge in [-0.15, -0.1) is 0 Å². The summed E-state index contributed by atoms with van der Waals surface area (Å²) in [5.41, 5.74) is 5.82. The predicted molar refractivity (Wildman–Crippen MR) is 41.9 cm³/mol. The molecule has 0 aliphatic heterocycles. The molecule has 2 rings (SSSR count). The summed E-state index contributed by atoms with van der Waals surface area (Å²) in [6.45, 7) is 0. The summed E-state index contributed by atoms with van der Waals surface area (Å²) in [4.78, 5) is 11.1. The molecular formula is C5H4ClN5O. The van der Waals surface area contributed by atoms with Gasteiger partial charge in [0.05, 0.1) is 0 Å². The summed E-state index contributed by atoms with van der Waals surface area (Å²) in [5, 5.41) is 9.24. The number of halogens is 1. The Morgan fingerprint density at radius 3 is 3.00 bits per heavy atom. The fourth-order valence-electron chi connectivity index (χ4n) is 0.870. The Hall–Kier alpha value is -1.56. The second kappa shape index (κ2) is 2.21. The average molecular weight is 186 g/mol. The summed E-state index contributed by atoms with van der Waals surface area (Å²) < 4.78 is 0.735. The Bertz CT molecular complexity index is 439. The van der Waals surface area contributed by atoms with Gasteiger partial charge in [-0.3, -0.25) is 0 Å². The van der Waals surface area contributed by atoms with Crippen LogP contribution in [-0.2, 0) is 0 Å². The number of rotatable bonds is 0. The summed E-state index contributed by atoms with van der Waals surface area (Å²) >= 11 is 5.66. The molecule has 0 saturated heterocycles. The minimum absolute atomic E-state index is 0.00306. The van der Waals surface area contributed by atoms with E-state index in [0.717, 1.165) is 4.73 Å². The van der Waals surface area contributed by atoms with E-state index in [1.165, 1.54) is 6.33 Å². The van der Waals surface area contributed by atoms with Crippen molar-refractivity contribution in [1.29, 1.82) is 0 Å². The molecule has 2 aromatic rings. The van der Waals surface area contributed by atoms with Crippen LogP contribution in [0.4, 0.5) is 5.95 Å². The van der Waals surface area contributed by atoms with Gasteiger partial charge >= 0.3 is 0 Å². The van der Waals surface area contributed by atoms with Crippen molar-refractivity contribution < 1.29 is 5.21 Å². The van der Waals surface area contributed by atoms with Crippen LogP contribution >= 0.6 is 11.6 Å². The molecule has 0 radical (unpaired) electrons. The number of nitrogen functional groups attached to an aromatic ring is 1. The maximum Gasteiger partial charge on any atom is 0.223 e. The summed E-state index contributed by atoms with van der Waals surface area (Å²) in [5.74, 6) is 0.00306. The van der Waals surface area contributed by atoms with Crippen molar-refractivity contribution in [3.63, 3.8) is 0 Å². The lowest BCUT2D eigenvalue weighted by Gasteiger charge is -1.94. The molecule has 12 heavy (non-hydrogen) atoms. The molecule has 2 aromatic heterocycles. The lowest BCUT2D eigenvalue weighted by atomic mass is 10.5. The van der Waals surface area contributed by atoms with Gasteiger partial charge in [-0.2, -0.15) is 14.7 Å². The topological polar surface area (TPSA) is 89.8 Å². The Morgan fingerprint density at radius 1 is 1.50 bits per heavy atom. The number of fused-ring (bicyclic) bond motifs is 1. The van der Waals surface area contributed by atoms with Gasteiger partial charge in [-0.1, -0.05) is 11.6 Å². The van der Waals surface area contributed by atoms with Gasteiger partial charge in [-0.25, -0.2) is 4.98 Å². The molecule has 0 unspecified atom stereocenters. The number of hydrogen-bond donors (Lipinski definition) is 2. The highest BCUT2D eigenvalue weighted by Crippen LogP contribution is 2.17. The van der Waals surface area contributed by atoms with E-state index in [1.807, 2.05) is 0 Å². The van der Waals surface area contributed by atoms with Gasteiger partial charge < -0.3 is 10.9 Å². The largest absolute Gasteiger partial charge is 0.425 e. The molecule has 0 atom stereocenters. The molecule has 6 nitrogen and oxygen atoms in total. The van der Waals surface area contributed by atoms with Gasteiger partial charge in [0.25, 0.3) is 0 Å². The highest BCUT2D eigenvalue weighted by Gasteiger charge is 2.09. The highest BCUT2D eigenvalue weighted by atomic mass is 35.5. The van der Waals surface area contributed by atoms with Gasteiger partial charge in [-0.05, 0) is 0 Å². The first-order valence-electron chi connectivity index (χ1n) is 3.04. The number of nitrogens with two attached hydrogens (primary N) is 1. The van der Waals surface area contributed by atoms with Gasteiger partial charge in [0.1, 0.15) is 11.8 Å². The molecule has 0 bridgehead atoms. The van der Waals surface area contributed by atoms with Crippen LogP contribution in [0.1, 0.15) is 0 Å². The third kappa shape index (κ3) is 0.850. The minimum atomic E-state index is 0.00306. The molecule has 0 aliphatic rings. The van der Waals surface area contributed by atoms with E-state index in [2.05, 4.69) is 15.0 Å². The molecule has 0 aromatic carbocycles. The molecule has 0 amide bonds. The quantitative estimate of drug-likeness (QED) is 0.455. The zero-order chi connectivity index (χ0) is 8.72. The molecular weight excluding hydrogens is 182 g/mol. The van der Waals surface area contributed by atoms with Crippen LogP contribution < -0.4 is 5.73 Å². The fraction of sp³-hybridized carbons (Fsp3) is 0. The summed E-state index contributed by atoms with van der Waals surface area (Å²) in [7, 11) is 0. The van der Waals surface area contributed by atoms with Crippen molar-refractivity contribution in [2.24, 2.45) is 0 Å². The third-order valence-electron chi connectivity index (χ3n) is 1.35. The van der Waals surface area contributed by atoms with Crippen molar-refractivity contribution >= 4 is 28.7 Å². The van der Waals surface area contributed by atoms with E-state index in [9.17, 15) is 0 Å². The molecule has 3 N–H and O–H groups in total. The Balaban J connectivity index is 2.92. The van der Waals surface area contributed by atoms with Crippen LogP contribution in [0.5, 0.6) is 0 Å². The van der Waals surface area contributed by atoms with Crippen molar-refractivity contribution in [3.05, 3.63) is 11.5 Å². The molecule has 2 heterocycles. The first kappa shape index (κ1) is 7.11. The lowest BCUT2D eigenvalue weighted by Crippen LogP contribution is -1.98. The highest BCUT2D eigenvalue weighted by molar-refractivity contribution is 6.33. The van der Waals surface area contributed by atoms with Crippen LogP contribution in [0.15, 0.2) is 6.33 Å². The minimum Gasteiger partial charge on any atom is -0.425 e. The SMILES string of the molecule is Nc1nc(Cl)c2ncn(O)c2n1. The van der Waals surface area contributed by atoms with Gasteiger partial charge in [0.2, 0.25) is 11.6 Å². The molecule has 7 heteroatoms. The predicted octanol–water partition coefficient (Wildman–Crippen LogP) is 0.299. The maximum absolute atomic E-state index is 9.11. The van der Waals surface area contributed by atoms with Gasteiger partial charge in [0.15, 0.2) is 5.15 Å². The van der Waals surface area contributed by atoms with E-state index in [-0.39, 0.29) is 16.7 Å². The number of aromatic nitrogens is 4. The molecule has 0 spiro atoms. The second-order valence-electron chi connectivity index (χ2n) is 2.13. The maximum atomic E-state index is 9.11. The summed E-state index contributed by atoms with van der Waals surface area (Å²) in [6, 6.07) is 0. The van der Waals surface area contributed by atoms with E-state index in [0.29, 0.717) is 5.52 Å². The standard InChI is InChI=1S/C5H4ClN5O/c6-3-2-4(10-5(7)9-3)11(12)1-8-2/h1,12H,(H2,7,9,10). The Labute approximate surface area is 71.6 Å². The Kier molecular flexibility index (Phi) is 1.31. The third-order valence-corrected chi connectivity index (χ3v) is 1.62. The average Bonchev–Trinajstić information content (AvgIpc) is 2.33. The number of nitrogens with zero attached hydrogens (tertiary/aromatic N) is 4. The van der Waals surface area contributed by atoms with Crippen LogP contribution in [0.3, 0.4) is 0 Å². The first-order valence-corrected chi connectivity index (χ1v) is 3.41. The van der Waals surface area contributed by atoms with Crippen molar-refractivity contribution in [2.75, 3.05) is 5.73 Å². The number of anilines is 1. The van der Waals surface area contributed by atoms with Crippen molar-refractivity contribution in [2.45, 2.75) is 0 Å². The van der Waals surface area contributed by atoms with E-state index in [1.54, 1.807) is 0 Å². The zero-order valence-corrected chi connectivity index (χ0v) is 6.52. The van der Waals surface area contributed by atoms with E-state index in [4.69, 9.17) is 22.5 Å². The van der Waals surface area contributed by atoms with E-state index >= 15 is 0 Å². The Morgan fingerprint density at radius 2 is 2.25 bits per heavy atom. The first-order chi connectivity index (χ1) is 5.68. The number of imidazole rings is 1. The number of hydrogen-bond acceptors (Lipinski definition) is 5. The van der Waals surface area contributed by atoms with Crippen LogP contribution in [-0.4, -0.2) is 24.9 Å². The summed E-state index contributed by atoms with van der Waals surface area (Å²) in [6.07, 6.45) is 1.17. The monoisotopic (exact) mass is 185 g/mol. The van der Waals surface area contributed by atoms with Gasteiger partial charge in [0, 0.05) is 0 Å².